The zero-order chi connectivity index (χ0) is 15.6. The zero-order valence-electron chi connectivity index (χ0n) is 11.9. The van der Waals surface area contributed by atoms with Crippen LogP contribution in [0.3, 0.4) is 0 Å². The molecule has 0 aliphatic carbocycles. The molecular weight excluding hydrogens is 283 g/mol. The minimum Gasteiger partial charge on any atom is -0.370 e. The number of rotatable bonds is 4. The van der Waals surface area contributed by atoms with Crippen LogP contribution in [-0.4, -0.2) is 26.3 Å². The third-order valence-corrected chi connectivity index (χ3v) is 2.88. The highest BCUT2D eigenvalue weighted by molar-refractivity contribution is 5.53. The number of hydrogen-bond donors (Lipinski definition) is 1. The highest BCUT2D eigenvalue weighted by Crippen LogP contribution is 2.30. The molecule has 0 spiro atoms. The van der Waals surface area contributed by atoms with Crippen LogP contribution in [0.5, 0.6) is 0 Å². The Morgan fingerprint density at radius 1 is 1.29 bits per heavy atom. The molecule has 1 N–H and O–H groups in total. The number of nitrogens with zero attached hydrogens (tertiary/aromatic N) is 4. The van der Waals surface area contributed by atoms with Gasteiger partial charge < -0.3 is 5.32 Å². The largest absolute Gasteiger partial charge is 0.435 e. The summed E-state index contributed by atoms with van der Waals surface area (Å²) in [6, 6.07) is 0.930. The van der Waals surface area contributed by atoms with Crippen molar-refractivity contribution >= 4 is 5.82 Å². The van der Waals surface area contributed by atoms with Crippen molar-refractivity contribution in [3.63, 3.8) is 0 Å². The molecule has 0 unspecified atom stereocenters. The van der Waals surface area contributed by atoms with Gasteiger partial charge in [0, 0.05) is 18.3 Å². The summed E-state index contributed by atoms with van der Waals surface area (Å²) >= 11 is 0. The Morgan fingerprint density at radius 3 is 2.52 bits per heavy atom. The van der Waals surface area contributed by atoms with Gasteiger partial charge in [0.25, 0.3) is 0 Å². The maximum Gasteiger partial charge on any atom is 0.435 e. The van der Waals surface area contributed by atoms with Gasteiger partial charge in [-0.15, -0.1) is 0 Å². The van der Waals surface area contributed by atoms with Crippen LogP contribution >= 0.6 is 0 Å². The standard InChI is InChI=1S/C13H16F3N5/c1-4-17-11-10(8(2)3)12(19-7-18-11)21-6-5-9(20-21)13(14,15)16/h5-8H,4H2,1-3H3,(H,17,18,19). The van der Waals surface area contributed by atoms with Gasteiger partial charge in [-0.2, -0.15) is 18.3 Å². The van der Waals surface area contributed by atoms with Crippen molar-refractivity contribution < 1.29 is 13.2 Å². The van der Waals surface area contributed by atoms with E-state index in [1.54, 1.807) is 0 Å². The normalized spacial score (nSPS) is 12.0. The maximum absolute atomic E-state index is 12.7. The smallest absolute Gasteiger partial charge is 0.370 e. The van der Waals surface area contributed by atoms with Crippen LogP contribution < -0.4 is 5.32 Å². The second kappa shape index (κ2) is 5.71. The molecular formula is C13H16F3N5. The molecule has 0 aliphatic heterocycles. The predicted molar refractivity (Wildman–Crippen MR) is 72.4 cm³/mol. The number of alkyl halides is 3. The van der Waals surface area contributed by atoms with Crippen LogP contribution in [-0.2, 0) is 6.18 Å². The van der Waals surface area contributed by atoms with E-state index in [4.69, 9.17) is 0 Å². The van der Waals surface area contributed by atoms with Gasteiger partial charge in [-0.1, -0.05) is 13.8 Å². The second-order valence-corrected chi connectivity index (χ2v) is 4.79. The number of nitrogens with one attached hydrogen (secondary N) is 1. The van der Waals surface area contributed by atoms with Crippen LogP contribution in [0.2, 0.25) is 0 Å². The molecule has 2 aromatic rings. The molecule has 0 atom stereocenters. The molecule has 8 heteroatoms. The summed E-state index contributed by atoms with van der Waals surface area (Å²) in [4.78, 5) is 8.24. The SMILES string of the molecule is CCNc1ncnc(-n2ccc(C(F)(F)F)n2)c1C(C)C. The van der Waals surface area contributed by atoms with Crippen molar-refractivity contribution in [3.05, 3.63) is 29.8 Å². The molecule has 2 rings (SSSR count). The highest BCUT2D eigenvalue weighted by atomic mass is 19.4. The third-order valence-electron chi connectivity index (χ3n) is 2.88. The Morgan fingerprint density at radius 2 is 2.00 bits per heavy atom. The quantitative estimate of drug-likeness (QED) is 0.941. The number of anilines is 1. The first-order chi connectivity index (χ1) is 9.84. The Labute approximate surface area is 120 Å². The van der Waals surface area contributed by atoms with E-state index in [1.807, 2.05) is 20.8 Å². The fraction of sp³-hybridized carbons (Fsp3) is 0.462. The van der Waals surface area contributed by atoms with E-state index in [0.29, 0.717) is 18.2 Å². The first-order valence-electron chi connectivity index (χ1n) is 6.56. The summed E-state index contributed by atoms with van der Waals surface area (Å²) in [7, 11) is 0. The van der Waals surface area contributed by atoms with Crippen LogP contribution in [0, 0.1) is 0 Å². The number of hydrogen-bond acceptors (Lipinski definition) is 4. The first kappa shape index (κ1) is 15.3. The minimum absolute atomic E-state index is 0.0359. The third kappa shape index (κ3) is 3.14. The van der Waals surface area contributed by atoms with Gasteiger partial charge in [0.15, 0.2) is 11.5 Å². The Kier molecular flexibility index (Phi) is 4.15. The Bertz CT molecular complexity index is 619. The van der Waals surface area contributed by atoms with E-state index >= 15 is 0 Å². The van der Waals surface area contributed by atoms with Crippen LogP contribution in [0.1, 0.15) is 37.9 Å². The van der Waals surface area contributed by atoms with Crippen molar-refractivity contribution in [1.82, 2.24) is 19.7 Å². The number of aromatic nitrogens is 4. The van der Waals surface area contributed by atoms with Gasteiger partial charge >= 0.3 is 6.18 Å². The summed E-state index contributed by atoms with van der Waals surface area (Å²) in [5.74, 6) is 1.00. The average molecular weight is 299 g/mol. The van der Waals surface area contributed by atoms with E-state index in [0.717, 1.165) is 16.3 Å². The molecule has 2 heterocycles. The van der Waals surface area contributed by atoms with Crippen molar-refractivity contribution in [2.45, 2.75) is 32.9 Å². The van der Waals surface area contributed by atoms with Crippen LogP contribution in [0.15, 0.2) is 18.6 Å². The van der Waals surface area contributed by atoms with Crippen molar-refractivity contribution in [2.24, 2.45) is 0 Å². The molecule has 0 saturated heterocycles. The van der Waals surface area contributed by atoms with Gasteiger partial charge in [-0.3, -0.25) is 0 Å². The highest BCUT2D eigenvalue weighted by Gasteiger charge is 2.34. The molecule has 2 aromatic heterocycles. The van der Waals surface area contributed by atoms with Gasteiger partial charge in [0.05, 0.1) is 0 Å². The topological polar surface area (TPSA) is 55.6 Å². The minimum atomic E-state index is -4.47. The van der Waals surface area contributed by atoms with E-state index in [-0.39, 0.29) is 5.92 Å². The van der Waals surface area contributed by atoms with Crippen LogP contribution in [0.4, 0.5) is 19.0 Å². The molecule has 0 radical (unpaired) electrons. The lowest BCUT2D eigenvalue weighted by Gasteiger charge is -2.16. The first-order valence-corrected chi connectivity index (χ1v) is 6.56. The van der Waals surface area contributed by atoms with E-state index < -0.39 is 11.9 Å². The van der Waals surface area contributed by atoms with Gasteiger partial charge in [0.2, 0.25) is 0 Å². The Balaban J connectivity index is 2.53. The van der Waals surface area contributed by atoms with Crippen molar-refractivity contribution in [1.29, 1.82) is 0 Å². The number of halogens is 3. The van der Waals surface area contributed by atoms with E-state index in [1.165, 1.54) is 12.5 Å². The fourth-order valence-corrected chi connectivity index (χ4v) is 2.00. The molecule has 21 heavy (non-hydrogen) atoms. The van der Waals surface area contributed by atoms with Crippen molar-refractivity contribution in [2.75, 3.05) is 11.9 Å². The average Bonchev–Trinajstić information content (AvgIpc) is 2.87. The second-order valence-electron chi connectivity index (χ2n) is 4.79. The maximum atomic E-state index is 12.7. The Hall–Kier alpha value is -2.12. The monoisotopic (exact) mass is 299 g/mol. The van der Waals surface area contributed by atoms with E-state index in [2.05, 4.69) is 20.4 Å². The van der Waals surface area contributed by atoms with Gasteiger partial charge in [0.1, 0.15) is 12.1 Å². The summed E-state index contributed by atoms with van der Waals surface area (Å²) in [6.07, 6.45) is -1.90. The summed E-state index contributed by atoms with van der Waals surface area (Å²) in [5, 5.41) is 6.66. The summed E-state index contributed by atoms with van der Waals surface area (Å²) < 4.78 is 39.1. The predicted octanol–water partition coefficient (Wildman–Crippen LogP) is 3.24. The molecule has 0 fully saturated rings. The lowest BCUT2D eigenvalue weighted by molar-refractivity contribution is -0.141. The zero-order valence-corrected chi connectivity index (χ0v) is 11.9. The van der Waals surface area contributed by atoms with E-state index in [9.17, 15) is 13.2 Å². The molecule has 0 amide bonds. The van der Waals surface area contributed by atoms with Crippen LogP contribution in [0.25, 0.3) is 5.82 Å². The summed E-state index contributed by atoms with van der Waals surface area (Å²) in [5.41, 5.74) is -0.211. The summed E-state index contributed by atoms with van der Waals surface area (Å²) in [6.45, 7) is 6.43. The fourth-order valence-electron chi connectivity index (χ4n) is 2.00. The molecule has 0 bridgehead atoms. The molecule has 114 valence electrons. The molecule has 5 nitrogen and oxygen atoms in total. The lowest BCUT2D eigenvalue weighted by Crippen LogP contribution is -2.13. The lowest BCUT2D eigenvalue weighted by atomic mass is 10.0. The van der Waals surface area contributed by atoms with Crippen molar-refractivity contribution in [3.8, 4) is 5.82 Å². The van der Waals surface area contributed by atoms with Gasteiger partial charge in [-0.25, -0.2) is 14.6 Å². The molecule has 0 saturated carbocycles. The molecule has 0 aromatic carbocycles. The van der Waals surface area contributed by atoms with Gasteiger partial charge in [-0.05, 0) is 18.9 Å². The molecule has 0 aliphatic rings.